The minimum atomic E-state index is -0.924. The maximum Gasteiger partial charge on any atom is 0.328 e. The number of rotatable bonds is 6. The van der Waals surface area contributed by atoms with Crippen molar-refractivity contribution in [1.29, 1.82) is 0 Å². The second-order valence-corrected chi connectivity index (χ2v) is 7.07. The molecule has 24 heavy (non-hydrogen) atoms. The number of ether oxygens (including phenoxy) is 1. The summed E-state index contributed by atoms with van der Waals surface area (Å²) < 4.78 is 5.58. The second kappa shape index (κ2) is 8.84. The highest BCUT2D eigenvalue weighted by Gasteiger charge is 2.31. The van der Waals surface area contributed by atoms with E-state index in [1.165, 1.54) is 17.2 Å². The number of aliphatic carboxylic acids is 1. The minimum absolute atomic E-state index is 0.159. The number of hydrogen-bond donors (Lipinski definition) is 1. The van der Waals surface area contributed by atoms with Crippen LogP contribution in [0.5, 0.6) is 0 Å². The third-order valence-corrected chi connectivity index (χ3v) is 4.54. The Hall–Kier alpha value is -1.87. The molecular weight excluding hydrogens is 300 g/mol. The molecule has 0 radical (unpaired) electrons. The van der Waals surface area contributed by atoms with Gasteiger partial charge in [-0.15, -0.1) is 0 Å². The van der Waals surface area contributed by atoms with Gasteiger partial charge in [-0.1, -0.05) is 49.8 Å². The van der Waals surface area contributed by atoms with Crippen molar-refractivity contribution in [1.82, 2.24) is 0 Å². The number of carboxylic acid groups (broad SMARTS) is 1. The van der Waals surface area contributed by atoms with Crippen molar-refractivity contribution in [3.63, 3.8) is 0 Å². The Morgan fingerprint density at radius 1 is 1.25 bits per heavy atom. The number of methoxy groups -OCH3 is 1. The quantitative estimate of drug-likeness (QED) is 0.536. The van der Waals surface area contributed by atoms with Crippen molar-refractivity contribution in [2.45, 2.75) is 53.6 Å². The van der Waals surface area contributed by atoms with Gasteiger partial charge >= 0.3 is 5.97 Å². The number of carbonyl (C=O) groups is 1. The zero-order valence-electron chi connectivity index (χ0n) is 15.7. The molecule has 0 amide bonds. The van der Waals surface area contributed by atoms with Crippen LogP contribution in [0.2, 0.25) is 0 Å². The zero-order chi connectivity index (χ0) is 18.3. The highest BCUT2D eigenvalue weighted by molar-refractivity contribution is 5.81. The van der Waals surface area contributed by atoms with Crippen LogP contribution >= 0.6 is 0 Å². The van der Waals surface area contributed by atoms with E-state index in [2.05, 4.69) is 32.9 Å². The summed E-state index contributed by atoms with van der Waals surface area (Å²) in [4.78, 5) is 10.6. The molecule has 132 valence electrons. The summed E-state index contributed by atoms with van der Waals surface area (Å²) in [6.07, 6.45) is 13.5. The molecular formula is C21H30O3. The molecule has 0 aromatic heterocycles. The fraction of sp³-hybridized carbons (Fsp3) is 0.476. The van der Waals surface area contributed by atoms with Gasteiger partial charge < -0.3 is 9.84 Å². The third kappa shape index (κ3) is 5.97. The molecule has 0 heterocycles. The van der Waals surface area contributed by atoms with E-state index >= 15 is 0 Å². The normalized spacial score (nSPS) is 22.7. The van der Waals surface area contributed by atoms with E-state index in [1.54, 1.807) is 20.1 Å². The first kappa shape index (κ1) is 20.2. The molecule has 1 aliphatic carbocycles. The minimum Gasteiger partial charge on any atom is -0.478 e. The van der Waals surface area contributed by atoms with Crippen LogP contribution in [0.1, 0.15) is 47.5 Å². The highest BCUT2D eigenvalue weighted by Crippen LogP contribution is 2.41. The summed E-state index contributed by atoms with van der Waals surface area (Å²) in [5, 5.41) is 8.68. The van der Waals surface area contributed by atoms with E-state index in [0.717, 1.165) is 18.4 Å². The first-order chi connectivity index (χ1) is 11.2. The number of hydrogen-bond acceptors (Lipinski definition) is 2. The van der Waals surface area contributed by atoms with E-state index in [-0.39, 0.29) is 11.5 Å². The molecule has 0 aliphatic heterocycles. The lowest BCUT2D eigenvalue weighted by Crippen LogP contribution is -2.28. The second-order valence-electron chi connectivity index (χ2n) is 7.07. The van der Waals surface area contributed by atoms with Crippen LogP contribution in [0.15, 0.2) is 58.7 Å². The Morgan fingerprint density at radius 2 is 1.92 bits per heavy atom. The van der Waals surface area contributed by atoms with Gasteiger partial charge in [0.2, 0.25) is 0 Å². The van der Waals surface area contributed by atoms with Crippen molar-refractivity contribution >= 4 is 5.97 Å². The van der Waals surface area contributed by atoms with E-state index in [1.807, 2.05) is 19.1 Å². The molecule has 1 N–H and O–H groups in total. The summed E-state index contributed by atoms with van der Waals surface area (Å²) in [6, 6.07) is 0. The van der Waals surface area contributed by atoms with Crippen molar-refractivity contribution < 1.29 is 14.6 Å². The average molecular weight is 330 g/mol. The number of carboxylic acids is 1. The Bertz CT molecular complexity index is 613. The van der Waals surface area contributed by atoms with Gasteiger partial charge in [0.25, 0.3) is 0 Å². The first-order valence-corrected chi connectivity index (χ1v) is 8.35. The molecule has 0 bridgehead atoms. The molecule has 0 saturated heterocycles. The molecule has 1 atom stereocenters. The van der Waals surface area contributed by atoms with E-state index in [9.17, 15) is 4.79 Å². The topological polar surface area (TPSA) is 46.5 Å². The molecule has 0 saturated carbocycles. The monoisotopic (exact) mass is 330 g/mol. The molecule has 0 aromatic rings. The Kier molecular flexibility index (Phi) is 7.43. The molecule has 1 aliphatic rings. The van der Waals surface area contributed by atoms with Crippen LogP contribution < -0.4 is 0 Å². The smallest absolute Gasteiger partial charge is 0.328 e. The standard InChI is InChI=1S/C21H30O3/c1-15(8-7-9-16(2)14-20(22)23)10-11-18-17(3)19(24-6)12-13-21(18,4)5/h7-11,14,19H,12-13H2,1-6H3,(H,22,23)/b9-7+,11-10+,15-8+,16-14+/t19-/m1/s1. The summed E-state index contributed by atoms with van der Waals surface area (Å²) in [7, 11) is 1.77. The molecule has 3 heteroatoms. The predicted octanol–water partition coefficient (Wildman–Crippen LogP) is 5.23. The van der Waals surface area contributed by atoms with Gasteiger partial charge in [-0.2, -0.15) is 0 Å². The van der Waals surface area contributed by atoms with Crippen LogP contribution in [-0.4, -0.2) is 24.3 Å². The highest BCUT2D eigenvalue weighted by atomic mass is 16.5. The molecule has 3 nitrogen and oxygen atoms in total. The number of allylic oxidation sites excluding steroid dienone is 8. The zero-order valence-corrected chi connectivity index (χ0v) is 15.7. The van der Waals surface area contributed by atoms with Crippen LogP contribution in [0.3, 0.4) is 0 Å². The SMILES string of the molecule is CO[C@@H]1CCC(C)(C)C(/C=C/C(C)=C/C=C/C(C)=C/C(=O)O)=C1C. The molecule has 0 unspecified atom stereocenters. The Balaban J connectivity index is 2.91. The van der Waals surface area contributed by atoms with E-state index in [4.69, 9.17) is 9.84 Å². The predicted molar refractivity (Wildman–Crippen MR) is 99.9 cm³/mol. The maximum atomic E-state index is 10.6. The fourth-order valence-corrected chi connectivity index (χ4v) is 3.07. The Morgan fingerprint density at radius 3 is 2.50 bits per heavy atom. The lowest BCUT2D eigenvalue weighted by atomic mass is 9.71. The van der Waals surface area contributed by atoms with Crippen molar-refractivity contribution in [3.05, 3.63) is 58.7 Å². The van der Waals surface area contributed by atoms with Crippen molar-refractivity contribution in [2.75, 3.05) is 7.11 Å². The molecule has 0 fully saturated rings. The van der Waals surface area contributed by atoms with Crippen LogP contribution in [0, 0.1) is 5.41 Å². The van der Waals surface area contributed by atoms with Gasteiger partial charge in [0.15, 0.2) is 0 Å². The summed E-state index contributed by atoms with van der Waals surface area (Å²) in [5.74, 6) is -0.924. The lowest BCUT2D eigenvalue weighted by molar-refractivity contribution is -0.131. The molecule has 0 aromatic carbocycles. The van der Waals surface area contributed by atoms with Gasteiger partial charge in [0.05, 0.1) is 6.10 Å². The van der Waals surface area contributed by atoms with Gasteiger partial charge in [0.1, 0.15) is 0 Å². The summed E-state index contributed by atoms with van der Waals surface area (Å²) >= 11 is 0. The first-order valence-electron chi connectivity index (χ1n) is 8.35. The van der Waals surface area contributed by atoms with Gasteiger partial charge in [-0.05, 0) is 55.7 Å². The Labute approximate surface area is 146 Å². The average Bonchev–Trinajstić information content (AvgIpc) is 2.45. The lowest BCUT2D eigenvalue weighted by Gasteiger charge is -2.36. The van der Waals surface area contributed by atoms with E-state index in [0.29, 0.717) is 5.57 Å². The fourth-order valence-electron chi connectivity index (χ4n) is 3.07. The third-order valence-electron chi connectivity index (χ3n) is 4.54. The van der Waals surface area contributed by atoms with Crippen LogP contribution in [-0.2, 0) is 9.53 Å². The van der Waals surface area contributed by atoms with Crippen LogP contribution in [0.4, 0.5) is 0 Å². The van der Waals surface area contributed by atoms with Gasteiger partial charge in [-0.25, -0.2) is 4.79 Å². The van der Waals surface area contributed by atoms with Crippen molar-refractivity contribution in [3.8, 4) is 0 Å². The molecule has 0 spiro atoms. The summed E-state index contributed by atoms with van der Waals surface area (Å²) in [5.41, 5.74) is 4.65. The van der Waals surface area contributed by atoms with E-state index < -0.39 is 5.97 Å². The van der Waals surface area contributed by atoms with Crippen molar-refractivity contribution in [2.24, 2.45) is 5.41 Å². The van der Waals surface area contributed by atoms with Gasteiger partial charge in [0, 0.05) is 13.2 Å². The maximum absolute atomic E-state index is 10.6. The largest absolute Gasteiger partial charge is 0.478 e. The van der Waals surface area contributed by atoms with Gasteiger partial charge in [-0.3, -0.25) is 0 Å². The van der Waals surface area contributed by atoms with Crippen LogP contribution in [0.25, 0.3) is 0 Å². The molecule has 1 rings (SSSR count). The summed E-state index contributed by atoms with van der Waals surface area (Å²) in [6.45, 7) is 10.5.